The Kier molecular flexibility index (Phi) is 14.0. The summed E-state index contributed by atoms with van der Waals surface area (Å²) in [6.07, 6.45) is 2.76. The van der Waals surface area contributed by atoms with E-state index < -0.39 is 0 Å². The monoisotopic (exact) mass is 507 g/mol. The molecule has 1 fully saturated rings. The van der Waals surface area contributed by atoms with Crippen LogP contribution in [0.1, 0.15) is 18.9 Å². The number of morpholine rings is 1. The minimum Gasteiger partial charge on any atom is -0.382 e. The van der Waals surface area contributed by atoms with E-state index in [0.717, 1.165) is 63.2 Å². The number of guanidine groups is 1. The van der Waals surface area contributed by atoms with Crippen molar-refractivity contribution in [2.45, 2.75) is 19.9 Å². The van der Waals surface area contributed by atoms with Gasteiger partial charge in [-0.25, -0.2) is 9.98 Å². The number of aromatic nitrogens is 1. The van der Waals surface area contributed by atoms with E-state index in [1.54, 1.807) is 7.11 Å². The molecule has 0 atom stereocenters. The maximum atomic E-state index is 5.48. The quantitative estimate of drug-likeness (QED) is 0.204. The third-order valence-corrected chi connectivity index (χ3v) is 4.12. The highest BCUT2D eigenvalue weighted by Crippen LogP contribution is 2.19. The second kappa shape index (κ2) is 15.7. The first-order chi connectivity index (χ1) is 13.3. The molecular formula is C19H34IN5O3. The number of nitrogens with one attached hydrogen (secondary N) is 2. The molecule has 2 heterocycles. The fourth-order valence-corrected chi connectivity index (χ4v) is 2.74. The standard InChI is InChI=1S/C19H33N5O3.HI/c1-3-20-19(22-8-5-11-26-15-14-25-2)23-16-17-6-4-7-21-18(17)24-9-12-27-13-10-24;/h4,6-7H,3,5,8-16H2,1-2H3,(H2,20,22,23);1H. The second-order valence-corrected chi connectivity index (χ2v) is 6.17. The van der Waals surface area contributed by atoms with Crippen LogP contribution in [0.15, 0.2) is 23.3 Å². The van der Waals surface area contributed by atoms with E-state index in [9.17, 15) is 0 Å². The molecule has 8 nitrogen and oxygen atoms in total. The van der Waals surface area contributed by atoms with Crippen molar-refractivity contribution in [1.29, 1.82) is 0 Å². The van der Waals surface area contributed by atoms with Crippen LogP contribution in [0.2, 0.25) is 0 Å². The third kappa shape index (κ3) is 9.35. The van der Waals surface area contributed by atoms with E-state index in [0.29, 0.717) is 26.4 Å². The lowest BCUT2D eigenvalue weighted by atomic mass is 10.2. The van der Waals surface area contributed by atoms with E-state index in [1.807, 2.05) is 12.3 Å². The minimum absolute atomic E-state index is 0. The van der Waals surface area contributed by atoms with E-state index in [1.165, 1.54) is 0 Å². The van der Waals surface area contributed by atoms with Crippen molar-refractivity contribution in [2.24, 2.45) is 4.99 Å². The molecule has 9 heteroatoms. The van der Waals surface area contributed by atoms with Gasteiger partial charge in [0.05, 0.1) is 33.0 Å². The van der Waals surface area contributed by atoms with Crippen LogP contribution in [0.3, 0.4) is 0 Å². The maximum Gasteiger partial charge on any atom is 0.191 e. The molecule has 0 unspecified atom stereocenters. The lowest BCUT2D eigenvalue weighted by Gasteiger charge is -2.29. The van der Waals surface area contributed by atoms with Gasteiger partial charge in [0, 0.05) is 51.7 Å². The summed E-state index contributed by atoms with van der Waals surface area (Å²) in [6.45, 7) is 9.48. The van der Waals surface area contributed by atoms with Crippen molar-refractivity contribution in [1.82, 2.24) is 15.6 Å². The number of rotatable bonds is 11. The van der Waals surface area contributed by atoms with Crippen LogP contribution < -0.4 is 15.5 Å². The summed E-state index contributed by atoms with van der Waals surface area (Å²) in [5, 5.41) is 6.64. The van der Waals surface area contributed by atoms with E-state index in [2.05, 4.69) is 33.5 Å². The molecule has 0 radical (unpaired) electrons. The van der Waals surface area contributed by atoms with Gasteiger partial charge >= 0.3 is 0 Å². The molecular weight excluding hydrogens is 473 g/mol. The zero-order valence-corrected chi connectivity index (χ0v) is 19.3. The van der Waals surface area contributed by atoms with Crippen LogP contribution >= 0.6 is 24.0 Å². The molecule has 1 aliphatic heterocycles. The Morgan fingerprint density at radius 2 is 2.07 bits per heavy atom. The number of anilines is 1. The number of halogens is 1. The summed E-state index contributed by atoms with van der Waals surface area (Å²) in [6, 6.07) is 4.06. The number of aliphatic imine (C=N–C) groups is 1. The van der Waals surface area contributed by atoms with Crippen LogP contribution in [0.4, 0.5) is 5.82 Å². The van der Waals surface area contributed by atoms with Gasteiger partial charge in [-0.3, -0.25) is 0 Å². The molecule has 2 rings (SSSR count). The summed E-state index contributed by atoms with van der Waals surface area (Å²) in [5.74, 6) is 1.82. The predicted octanol–water partition coefficient (Wildman–Crippen LogP) is 1.64. The highest BCUT2D eigenvalue weighted by atomic mass is 127. The van der Waals surface area contributed by atoms with Crippen LogP contribution in [0.25, 0.3) is 0 Å². The number of ether oxygens (including phenoxy) is 3. The number of nitrogens with zero attached hydrogens (tertiary/aromatic N) is 3. The largest absolute Gasteiger partial charge is 0.382 e. The normalized spacial score (nSPS) is 14.5. The fourth-order valence-electron chi connectivity index (χ4n) is 2.74. The fraction of sp³-hybridized carbons (Fsp3) is 0.684. The molecule has 160 valence electrons. The second-order valence-electron chi connectivity index (χ2n) is 6.17. The number of pyridine rings is 1. The predicted molar refractivity (Wildman–Crippen MR) is 123 cm³/mol. The van der Waals surface area contributed by atoms with Crippen molar-refractivity contribution in [3.8, 4) is 0 Å². The lowest BCUT2D eigenvalue weighted by molar-refractivity contribution is 0.0698. The SMILES string of the molecule is CCNC(=NCc1cccnc1N1CCOCC1)NCCCOCCOC.I. The molecule has 0 spiro atoms. The van der Waals surface area contributed by atoms with E-state index in [-0.39, 0.29) is 24.0 Å². The van der Waals surface area contributed by atoms with Crippen molar-refractivity contribution in [3.63, 3.8) is 0 Å². The zero-order valence-electron chi connectivity index (χ0n) is 17.0. The molecule has 0 amide bonds. The van der Waals surface area contributed by atoms with Crippen LogP contribution in [-0.4, -0.2) is 77.3 Å². The first-order valence-electron chi connectivity index (χ1n) is 9.70. The Morgan fingerprint density at radius 1 is 1.25 bits per heavy atom. The minimum atomic E-state index is 0. The van der Waals surface area contributed by atoms with Gasteiger partial charge in [0.25, 0.3) is 0 Å². The average molecular weight is 507 g/mol. The van der Waals surface area contributed by atoms with Crippen molar-refractivity contribution >= 4 is 35.8 Å². The summed E-state index contributed by atoms with van der Waals surface area (Å²) in [5.41, 5.74) is 1.12. The first kappa shape index (κ1) is 24.9. The van der Waals surface area contributed by atoms with Gasteiger partial charge < -0.3 is 29.7 Å². The van der Waals surface area contributed by atoms with Gasteiger partial charge in [-0.1, -0.05) is 6.07 Å². The third-order valence-electron chi connectivity index (χ3n) is 4.12. The summed E-state index contributed by atoms with van der Waals surface area (Å²) in [4.78, 5) is 11.6. The van der Waals surface area contributed by atoms with Gasteiger partial charge in [0.15, 0.2) is 5.96 Å². The smallest absolute Gasteiger partial charge is 0.191 e. The Hall–Kier alpha value is -1.17. The topological polar surface area (TPSA) is 80.2 Å². The Bertz CT molecular complexity index is 556. The summed E-state index contributed by atoms with van der Waals surface area (Å²) >= 11 is 0. The number of hydrogen-bond donors (Lipinski definition) is 2. The van der Waals surface area contributed by atoms with Crippen LogP contribution in [0, 0.1) is 0 Å². The summed E-state index contributed by atoms with van der Waals surface area (Å²) in [7, 11) is 1.68. The Labute approximate surface area is 185 Å². The first-order valence-corrected chi connectivity index (χ1v) is 9.70. The zero-order chi connectivity index (χ0) is 19.2. The van der Waals surface area contributed by atoms with Gasteiger partial charge in [-0.15, -0.1) is 24.0 Å². The van der Waals surface area contributed by atoms with E-state index in [4.69, 9.17) is 19.2 Å². The van der Waals surface area contributed by atoms with Crippen molar-refractivity contribution in [2.75, 3.05) is 71.2 Å². The molecule has 1 aromatic heterocycles. The van der Waals surface area contributed by atoms with Gasteiger partial charge in [0.1, 0.15) is 5.82 Å². The molecule has 0 saturated carbocycles. The molecule has 0 bridgehead atoms. The molecule has 1 aromatic rings. The molecule has 0 aromatic carbocycles. The highest BCUT2D eigenvalue weighted by Gasteiger charge is 2.15. The van der Waals surface area contributed by atoms with E-state index >= 15 is 0 Å². The number of methoxy groups -OCH3 is 1. The molecule has 1 aliphatic rings. The number of hydrogen-bond acceptors (Lipinski definition) is 6. The average Bonchev–Trinajstić information content (AvgIpc) is 2.72. The van der Waals surface area contributed by atoms with Gasteiger partial charge in [0.2, 0.25) is 0 Å². The Morgan fingerprint density at radius 3 is 2.82 bits per heavy atom. The maximum absolute atomic E-state index is 5.48. The van der Waals surface area contributed by atoms with Crippen molar-refractivity contribution in [3.05, 3.63) is 23.9 Å². The van der Waals surface area contributed by atoms with Crippen molar-refractivity contribution < 1.29 is 14.2 Å². The molecule has 28 heavy (non-hydrogen) atoms. The van der Waals surface area contributed by atoms with Gasteiger partial charge in [-0.2, -0.15) is 0 Å². The molecule has 1 saturated heterocycles. The molecule has 2 N–H and O–H groups in total. The highest BCUT2D eigenvalue weighted by molar-refractivity contribution is 14.0. The van der Waals surface area contributed by atoms with Crippen LogP contribution in [0.5, 0.6) is 0 Å². The summed E-state index contributed by atoms with van der Waals surface area (Å²) < 4.78 is 15.9. The lowest BCUT2D eigenvalue weighted by Crippen LogP contribution is -2.38. The Balaban J connectivity index is 0.00000392. The molecule has 0 aliphatic carbocycles. The van der Waals surface area contributed by atoms with Gasteiger partial charge in [-0.05, 0) is 19.4 Å². The van der Waals surface area contributed by atoms with Crippen LogP contribution in [-0.2, 0) is 20.8 Å².